The summed E-state index contributed by atoms with van der Waals surface area (Å²) in [5.74, 6) is 0.00148. The van der Waals surface area contributed by atoms with Gasteiger partial charge in [0.15, 0.2) is 17.3 Å². The maximum absolute atomic E-state index is 12.1. The lowest BCUT2D eigenvalue weighted by molar-refractivity contribution is 0.0943. The molecule has 1 atom stereocenters. The van der Waals surface area contributed by atoms with Gasteiger partial charge in [-0.25, -0.2) is 0 Å². The van der Waals surface area contributed by atoms with Crippen molar-refractivity contribution in [3.63, 3.8) is 0 Å². The van der Waals surface area contributed by atoms with Crippen LogP contribution in [0.4, 0.5) is 0 Å². The molecular weight excluding hydrogens is 218 g/mol. The van der Waals surface area contributed by atoms with Crippen molar-refractivity contribution in [2.24, 2.45) is 5.92 Å². The van der Waals surface area contributed by atoms with E-state index in [4.69, 9.17) is 14.7 Å². The Labute approximate surface area is 101 Å². The summed E-state index contributed by atoms with van der Waals surface area (Å²) in [7, 11) is 2.98. The van der Waals surface area contributed by atoms with Crippen LogP contribution in [0.15, 0.2) is 18.2 Å². The monoisotopic (exact) mass is 233 g/mol. The number of carbonyl (C=O) groups excluding carboxylic acids is 1. The van der Waals surface area contributed by atoms with Gasteiger partial charge in [-0.2, -0.15) is 5.26 Å². The van der Waals surface area contributed by atoms with E-state index in [0.717, 1.165) is 0 Å². The molecule has 4 nitrogen and oxygen atoms in total. The van der Waals surface area contributed by atoms with Crippen molar-refractivity contribution in [1.29, 1.82) is 5.26 Å². The van der Waals surface area contributed by atoms with Crippen molar-refractivity contribution in [2.45, 2.75) is 13.3 Å². The van der Waals surface area contributed by atoms with Crippen molar-refractivity contribution in [3.05, 3.63) is 23.8 Å². The van der Waals surface area contributed by atoms with Gasteiger partial charge in [0.2, 0.25) is 0 Å². The van der Waals surface area contributed by atoms with Crippen LogP contribution in [0.1, 0.15) is 23.7 Å². The van der Waals surface area contributed by atoms with E-state index < -0.39 is 5.92 Å². The lowest BCUT2D eigenvalue weighted by Crippen LogP contribution is -2.13. The minimum absolute atomic E-state index is 0.231. The van der Waals surface area contributed by atoms with Gasteiger partial charge in [-0.1, -0.05) is 13.0 Å². The molecule has 0 saturated carbocycles. The Balaban J connectivity index is 3.22. The lowest BCUT2D eigenvalue weighted by atomic mass is 9.96. The molecule has 1 unspecified atom stereocenters. The van der Waals surface area contributed by atoms with Gasteiger partial charge in [0, 0.05) is 0 Å². The van der Waals surface area contributed by atoms with Crippen molar-refractivity contribution in [1.82, 2.24) is 0 Å². The van der Waals surface area contributed by atoms with Gasteiger partial charge in [0.05, 0.1) is 25.9 Å². The van der Waals surface area contributed by atoms with Crippen LogP contribution in [-0.4, -0.2) is 20.0 Å². The van der Waals surface area contributed by atoms with Crippen LogP contribution < -0.4 is 9.47 Å². The number of rotatable bonds is 5. The van der Waals surface area contributed by atoms with E-state index >= 15 is 0 Å². The normalized spacial score (nSPS) is 11.4. The molecule has 0 heterocycles. The average Bonchev–Trinajstić information content (AvgIpc) is 2.38. The largest absolute Gasteiger partial charge is 0.493 e. The van der Waals surface area contributed by atoms with Crippen molar-refractivity contribution >= 4 is 5.78 Å². The Morgan fingerprint density at radius 3 is 2.59 bits per heavy atom. The number of nitriles is 1. The first kappa shape index (κ1) is 13.0. The van der Waals surface area contributed by atoms with Crippen LogP contribution >= 0.6 is 0 Å². The smallest absolute Gasteiger partial charge is 0.183 e. The summed E-state index contributed by atoms with van der Waals surface area (Å²) in [6.45, 7) is 1.80. The van der Waals surface area contributed by atoms with E-state index in [2.05, 4.69) is 0 Å². The zero-order valence-corrected chi connectivity index (χ0v) is 10.2. The molecule has 0 fully saturated rings. The van der Waals surface area contributed by atoms with Gasteiger partial charge in [0.25, 0.3) is 0 Å². The second-order valence-electron chi connectivity index (χ2n) is 3.50. The van der Waals surface area contributed by atoms with Crippen LogP contribution in [0.3, 0.4) is 0 Å². The third kappa shape index (κ3) is 2.56. The molecule has 1 rings (SSSR count). The van der Waals surface area contributed by atoms with Crippen molar-refractivity contribution in [2.75, 3.05) is 14.2 Å². The zero-order chi connectivity index (χ0) is 12.8. The van der Waals surface area contributed by atoms with E-state index in [9.17, 15) is 4.79 Å². The molecule has 17 heavy (non-hydrogen) atoms. The third-order valence-corrected chi connectivity index (χ3v) is 2.55. The quantitative estimate of drug-likeness (QED) is 0.733. The first-order valence-electron chi connectivity index (χ1n) is 5.34. The molecule has 0 aliphatic carbocycles. The van der Waals surface area contributed by atoms with E-state index in [0.29, 0.717) is 23.5 Å². The minimum Gasteiger partial charge on any atom is -0.493 e. The van der Waals surface area contributed by atoms with Gasteiger partial charge in [-0.05, 0) is 18.6 Å². The highest BCUT2D eigenvalue weighted by atomic mass is 16.5. The molecule has 0 radical (unpaired) electrons. The van der Waals surface area contributed by atoms with Crippen LogP contribution in [0.5, 0.6) is 11.5 Å². The molecule has 0 aliphatic rings. The molecule has 0 aliphatic heterocycles. The minimum atomic E-state index is -0.643. The summed E-state index contributed by atoms with van der Waals surface area (Å²) in [4.78, 5) is 12.1. The van der Waals surface area contributed by atoms with Crippen LogP contribution in [0.2, 0.25) is 0 Å². The molecule has 1 aromatic rings. The molecule has 1 aromatic carbocycles. The van der Waals surface area contributed by atoms with Gasteiger partial charge < -0.3 is 9.47 Å². The zero-order valence-electron chi connectivity index (χ0n) is 10.2. The highest BCUT2D eigenvalue weighted by Gasteiger charge is 2.23. The highest BCUT2D eigenvalue weighted by molar-refractivity contribution is 6.02. The summed E-state index contributed by atoms with van der Waals surface area (Å²) in [6.07, 6.45) is 0.482. The summed E-state index contributed by atoms with van der Waals surface area (Å²) in [5, 5.41) is 8.90. The molecule has 0 N–H and O–H groups in total. The lowest BCUT2D eigenvalue weighted by Gasteiger charge is -2.13. The predicted molar refractivity (Wildman–Crippen MR) is 63.3 cm³/mol. The Hall–Kier alpha value is -2.02. The fourth-order valence-electron chi connectivity index (χ4n) is 1.60. The Morgan fingerprint density at radius 1 is 1.41 bits per heavy atom. The first-order valence-corrected chi connectivity index (χ1v) is 5.34. The summed E-state index contributed by atoms with van der Waals surface area (Å²) in [6, 6.07) is 7.05. The number of para-hydroxylation sites is 1. The number of ether oxygens (including phenoxy) is 2. The molecule has 4 heteroatoms. The van der Waals surface area contributed by atoms with Gasteiger partial charge in [0.1, 0.15) is 5.92 Å². The van der Waals surface area contributed by atoms with E-state index in [1.54, 1.807) is 25.1 Å². The van der Waals surface area contributed by atoms with Gasteiger partial charge >= 0.3 is 0 Å². The number of Topliss-reactive ketones (excluding diaryl/α,β-unsaturated/α-hetero) is 1. The third-order valence-electron chi connectivity index (χ3n) is 2.55. The second kappa shape index (κ2) is 5.90. The number of hydrogen-bond donors (Lipinski definition) is 0. The van der Waals surface area contributed by atoms with Crippen molar-refractivity contribution in [3.8, 4) is 17.6 Å². The predicted octanol–water partition coefficient (Wildman–Crippen LogP) is 2.44. The summed E-state index contributed by atoms with van der Waals surface area (Å²) in [5.41, 5.74) is 0.389. The maximum Gasteiger partial charge on any atom is 0.183 e. The van der Waals surface area contributed by atoms with E-state index in [1.165, 1.54) is 14.2 Å². The van der Waals surface area contributed by atoms with Crippen LogP contribution in [-0.2, 0) is 0 Å². The Bertz CT molecular complexity index is 448. The van der Waals surface area contributed by atoms with Crippen LogP contribution in [0.25, 0.3) is 0 Å². The maximum atomic E-state index is 12.1. The number of nitrogens with zero attached hydrogens (tertiary/aromatic N) is 1. The molecule has 0 bridgehead atoms. The number of hydrogen-bond acceptors (Lipinski definition) is 4. The summed E-state index contributed by atoms with van der Waals surface area (Å²) >= 11 is 0. The Kier molecular flexibility index (Phi) is 4.53. The average molecular weight is 233 g/mol. The number of ketones is 1. The fourth-order valence-corrected chi connectivity index (χ4v) is 1.60. The highest BCUT2D eigenvalue weighted by Crippen LogP contribution is 2.32. The molecule has 0 aromatic heterocycles. The first-order chi connectivity index (χ1) is 8.19. The van der Waals surface area contributed by atoms with Gasteiger partial charge in [-0.3, -0.25) is 4.79 Å². The van der Waals surface area contributed by atoms with Crippen molar-refractivity contribution < 1.29 is 14.3 Å². The summed E-state index contributed by atoms with van der Waals surface area (Å²) < 4.78 is 10.3. The fraction of sp³-hybridized carbons (Fsp3) is 0.385. The number of benzene rings is 1. The molecule has 0 spiro atoms. The number of methoxy groups -OCH3 is 2. The molecule has 90 valence electrons. The molecule has 0 amide bonds. The topological polar surface area (TPSA) is 59.3 Å². The molecular formula is C13H15NO3. The number of carbonyl (C=O) groups is 1. The SMILES string of the molecule is CCC(C#N)C(=O)c1cccc(OC)c1OC. The van der Waals surface area contributed by atoms with Crippen LogP contribution in [0, 0.1) is 17.2 Å². The standard InChI is InChI=1S/C13H15NO3/c1-4-9(8-14)12(15)10-6-5-7-11(16-2)13(10)17-3/h5-7,9H,4H2,1-3H3. The van der Waals surface area contributed by atoms with Gasteiger partial charge in [-0.15, -0.1) is 0 Å². The molecule has 0 saturated heterocycles. The van der Waals surface area contributed by atoms with E-state index in [-0.39, 0.29) is 5.78 Å². The Morgan fingerprint density at radius 2 is 2.12 bits per heavy atom. The second-order valence-corrected chi connectivity index (χ2v) is 3.50. The van der Waals surface area contributed by atoms with E-state index in [1.807, 2.05) is 6.07 Å².